The third-order valence-corrected chi connectivity index (χ3v) is 0. The molecule has 0 N–H and O–H groups in total. The Bertz CT molecular complexity index is 37.9. The van der Waals surface area contributed by atoms with Gasteiger partial charge in [0.15, 0.2) is 0 Å². The third-order valence-electron chi connectivity index (χ3n) is 0. The van der Waals surface area contributed by atoms with Crippen LogP contribution in [0.1, 0.15) is 0 Å². The van der Waals surface area contributed by atoms with Gasteiger partial charge in [-0.25, -0.2) is 0 Å². The molecule has 0 saturated carbocycles. The van der Waals surface area contributed by atoms with Gasteiger partial charge >= 0.3 is 85.1 Å². The van der Waals surface area contributed by atoms with E-state index in [1.807, 2.05) is 0 Å². The molecular formula is AlBaLiO3Si+4. The SMILES string of the molecule is O=[Si]([O-])[O-].[Al+3].[Ba+2].[Li+]. The summed E-state index contributed by atoms with van der Waals surface area (Å²) >= 11 is 0. The van der Waals surface area contributed by atoms with E-state index in [0.717, 1.165) is 0 Å². The van der Waals surface area contributed by atoms with Gasteiger partial charge in [-0.1, -0.05) is 0 Å². The van der Waals surface area contributed by atoms with Gasteiger partial charge in [0, 0.05) is 9.17 Å². The molecule has 0 heterocycles. The molecule has 0 aliphatic rings. The largest absolute Gasteiger partial charge is 3.00 e. The smallest absolute Gasteiger partial charge is 0.672 e. The molecule has 7 heteroatoms. The van der Waals surface area contributed by atoms with E-state index in [0.29, 0.717) is 0 Å². The maximum atomic E-state index is 8.52. The van der Waals surface area contributed by atoms with Gasteiger partial charge in [-0.05, 0) is 0 Å². The van der Waals surface area contributed by atoms with Crippen molar-refractivity contribution in [3.63, 3.8) is 0 Å². The van der Waals surface area contributed by atoms with Crippen LogP contribution in [0.3, 0.4) is 0 Å². The molecular weight excluding hydrogens is 247 g/mol. The molecule has 0 unspecified atom stereocenters. The Labute approximate surface area is 106 Å². The van der Waals surface area contributed by atoms with Crippen LogP contribution in [0.2, 0.25) is 0 Å². The summed E-state index contributed by atoms with van der Waals surface area (Å²) in [6.45, 7) is 0. The Morgan fingerprint density at radius 2 is 1.29 bits per heavy atom. The van der Waals surface area contributed by atoms with E-state index >= 15 is 0 Å². The topological polar surface area (TPSA) is 63.2 Å². The molecule has 7 heavy (non-hydrogen) atoms. The number of rotatable bonds is 0. The van der Waals surface area contributed by atoms with Gasteiger partial charge in [-0.2, -0.15) is 0 Å². The van der Waals surface area contributed by atoms with Crippen molar-refractivity contribution in [1.29, 1.82) is 0 Å². The Morgan fingerprint density at radius 1 is 1.29 bits per heavy atom. The Balaban J connectivity index is -0.0000000150. The van der Waals surface area contributed by atoms with Crippen LogP contribution in [0.25, 0.3) is 0 Å². The molecule has 0 rings (SSSR count). The van der Waals surface area contributed by atoms with E-state index in [-0.39, 0.29) is 85.1 Å². The zero-order valence-electron chi connectivity index (χ0n) is 4.01. The van der Waals surface area contributed by atoms with Crippen LogP contribution >= 0.6 is 0 Å². The summed E-state index contributed by atoms with van der Waals surface area (Å²) in [6.07, 6.45) is 0. The van der Waals surface area contributed by atoms with Gasteiger partial charge in [0.1, 0.15) is 0 Å². The minimum absolute atomic E-state index is 0. The fourth-order valence-electron chi connectivity index (χ4n) is 0. The molecule has 0 aliphatic carbocycles. The van der Waals surface area contributed by atoms with Crippen molar-refractivity contribution in [3.05, 3.63) is 0 Å². The van der Waals surface area contributed by atoms with Crippen molar-refractivity contribution >= 4 is 75.4 Å². The first kappa shape index (κ1) is 22.8. The van der Waals surface area contributed by atoms with Crippen molar-refractivity contribution in [2.24, 2.45) is 0 Å². The Kier molecular flexibility index (Phi) is 51.3. The van der Waals surface area contributed by atoms with Crippen LogP contribution in [0.15, 0.2) is 0 Å². The minimum atomic E-state index is -3.63. The molecule has 0 amide bonds. The first-order chi connectivity index (χ1) is 1.73. The summed E-state index contributed by atoms with van der Waals surface area (Å²) in [6, 6.07) is 0. The molecule has 0 bridgehead atoms. The molecule has 0 radical (unpaired) electrons. The molecule has 0 saturated heterocycles. The monoisotopic (exact) mass is 248 g/mol. The van der Waals surface area contributed by atoms with Crippen LogP contribution < -0.4 is 28.5 Å². The van der Waals surface area contributed by atoms with Gasteiger partial charge < -0.3 is 14.1 Å². The predicted molar refractivity (Wildman–Crippen MR) is 17.9 cm³/mol. The second kappa shape index (κ2) is 15.8. The maximum absolute atomic E-state index is 8.52. The quantitative estimate of drug-likeness (QED) is 0.400. The van der Waals surface area contributed by atoms with Gasteiger partial charge in [0.05, 0.1) is 0 Å². The van der Waals surface area contributed by atoms with E-state index in [4.69, 9.17) is 14.1 Å². The second-order valence-corrected chi connectivity index (χ2v) is 0.750. The summed E-state index contributed by atoms with van der Waals surface area (Å²) < 4.78 is 8.52. The van der Waals surface area contributed by atoms with Crippen molar-refractivity contribution in [3.8, 4) is 0 Å². The summed E-state index contributed by atoms with van der Waals surface area (Å²) in [5, 5.41) is 0. The average Bonchev–Trinajstić information content (AvgIpc) is 0.811. The van der Waals surface area contributed by atoms with E-state index in [2.05, 4.69) is 0 Å². The zero-order chi connectivity index (χ0) is 3.58. The molecule has 0 spiro atoms. The fourth-order valence-corrected chi connectivity index (χ4v) is 0. The summed E-state index contributed by atoms with van der Waals surface area (Å²) in [7, 11) is -3.63. The van der Waals surface area contributed by atoms with Crippen LogP contribution in [0.4, 0.5) is 0 Å². The summed E-state index contributed by atoms with van der Waals surface area (Å²) in [5.74, 6) is 0. The standard InChI is InChI=1S/Al.Ba.Li.O3Si/c;;;1-4(2)3/q+3;+2;+1;-2. The van der Waals surface area contributed by atoms with Crippen LogP contribution in [-0.2, 0) is 4.46 Å². The van der Waals surface area contributed by atoms with E-state index < -0.39 is 9.17 Å². The molecule has 0 aromatic heterocycles. The van der Waals surface area contributed by atoms with Crippen LogP contribution in [0, 0.1) is 0 Å². The zero-order valence-corrected chi connectivity index (χ0v) is 10.6. The van der Waals surface area contributed by atoms with Crippen molar-refractivity contribution < 1.29 is 32.9 Å². The van der Waals surface area contributed by atoms with Crippen LogP contribution in [0.5, 0.6) is 0 Å². The molecule has 0 aromatic carbocycles. The van der Waals surface area contributed by atoms with E-state index in [1.165, 1.54) is 0 Å². The Hall–Kier alpha value is 2.32. The molecule has 3 nitrogen and oxygen atoms in total. The first-order valence-electron chi connectivity index (χ1n) is 0.612. The van der Waals surface area contributed by atoms with Crippen molar-refractivity contribution in [2.45, 2.75) is 0 Å². The molecule has 0 aliphatic heterocycles. The summed E-state index contributed by atoms with van der Waals surface area (Å²) in [4.78, 5) is 17.0. The first-order valence-corrected chi connectivity index (χ1v) is 1.84. The normalized spacial score (nSPS) is 3.43. The minimum Gasteiger partial charge on any atom is -0.672 e. The molecule has 24 valence electrons. The number of hydrogen-bond acceptors (Lipinski definition) is 3. The predicted octanol–water partition coefficient (Wildman–Crippen LogP) is -6.64. The van der Waals surface area contributed by atoms with E-state index in [1.54, 1.807) is 0 Å². The van der Waals surface area contributed by atoms with Crippen LogP contribution in [-0.4, -0.2) is 75.4 Å². The summed E-state index contributed by atoms with van der Waals surface area (Å²) in [5.41, 5.74) is 0. The second-order valence-electron chi connectivity index (χ2n) is 0.250. The van der Waals surface area contributed by atoms with Crippen molar-refractivity contribution in [1.82, 2.24) is 0 Å². The van der Waals surface area contributed by atoms with Crippen molar-refractivity contribution in [2.75, 3.05) is 0 Å². The van der Waals surface area contributed by atoms with Gasteiger partial charge in [0.2, 0.25) is 0 Å². The van der Waals surface area contributed by atoms with Gasteiger partial charge in [-0.15, -0.1) is 0 Å². The van der Waals surface area contributed by atoms with Gasteiger partial charge in [-0.3, -0.25) is 0 Å². The molecule has 0 fully saturated rings. The average molecular weight is 247 g/mol. The Morgan fingerprint density at radius 3 is 1.29 bits per heavy atom. The van der Waals surface area contributed by atoms with Gasteiger partial charge in [0.25, 0.3) is 0 Å². The number of hydrogen-bond donors (Lipinski definition) is 0. The van der Waals surface area contributed by atoms with E-state index in [9.17, 15) is 0 Å². The maximum Gasteiger partial charge on any atom is 3.00 e. The fraction of sp³-hybridized carbons (Fsp3) is 0. The molecule has 0 aromatic rings. The third kappa shape index (κ3) is 61.8. The molecule has 0 atom stereocenters.